The second kappa shape index (κ2) is 7.41. The predicted molar refractivity (Wildman–Crippen MR) is 86.2 cm³/mol. The Morgan fingerprint density at radius 1 is 1.29 bits per heavy atom. The van der Waals surface area contributed by atoms with E-state index in [0.717, 1.165) is 31.9 Å². The fourth-order valence-corrected chi connectivity index (χ4v) is 2.01. The van der Waals surface area contributed by atoms with Crippen LogP contribution in [0.2, 0.25) is 0 Å². The highest BCUT2D eigenvalue weighted by atomic mass is 16.4. The summed E-state index contributed by atoms with van der Waals surface area (Å²) in [6.07, 6.45) is 0. The van der Waals surface area contributed by atoms with Gasteiger partial charge in [-0.1, -0.05) is 34.6 Å². The fraction of sp³-hybridized carbons (Fsp3) is 0.625. The molecular weight excluding hydrogens is 266 g/mol. The van der Waals surface area contributed by atoms with E-state index in [0.29, 0.717) is 5.82 Å². The molecule has 2 N–H and O–H groups in total. The van der Waals surface area contributed by atoms with Crippen molar-refractivity contribution < 1.29 is 9.90 Å². The van der Waals surface area contributed by atoms with Gasteiger partial charge in [0.05, 0.1) is 5.56 Å². The summed E-state index contributed by atoms with van der Waals surface area (Å²) in [7, 11) is 0. The fourth-order valence-electron chi connectivity index (χ4n) is 2.01. The largest absolute Gasteiger partial charge is 0.478 e. The van der Waals surface area contributed by atoms with Gasteiger partial charge in [-0.25, -0.2) is 9.78 Å². The zero-order valence-corrected chi connectivity index (χ0v) is 13.7. The second-order valence-electron chi connectivity index (χ2n) is 6.14. The number of anilines is 1. The summed E-state index contributed by atoms with van der Waals surface area (Å²) in [6, 6.07) is 3.25. The molecule has 1 rings (SSSR count). The summed E-state index contributed by atoms with van der Waals surface area (Å²) in [5, 5.41) is 12.5. The van der Waals surface area contributed by atoms with Crippen LogP contribution in [0, 0.1) is 0 Å². The molecule has 5 nitrogen and oxygen atoms in total. The highest BCUT2D eigenvalue weighted by Crippen LogP contribution is 2.23. The molecule has 1 aromatic heterocycles. The van der Waals surface area contributed by atoms with Crippen LogP contribution in [0.25, 0.3) is 0 Å². The van der Waals surface area contributed by atoms with Crippen molar-refractivity contribution in [2.75, 3.05) is 31.5 Å². The predicted octanol–water partition coefficient (Wildman–Crippen LogP) is 2.83. The van der Waals surface area contributed by atoms with E-state index in [4.69, 9.17) is 0 Å². The van der Waals surface area contributed by atoms with Crippen LogP contribution in [0.1, 0.15) is 50.7 Å². The van der Waals surface area contributed by atoms with E-state index in [-0.39, 0.29) is 11.0 Å². The lowest BCUT2D eigenvalue weighted by molar-refractivity contribution is 0.0696. The molecule has 1 aromatic rings. The van der Waals surface area contributed by atoms with Gasteiger partial charge in [0.25, 0.3) is 0 Å². The number of carboxylic acid groups (broad SMARTS) is 1. The number of aromatic nitrogens is 1. The molecule has 0 amide bonds. The van der Waals surface area contributed by atoms with Crippen molar-refractivity contribution in [3.05, 3.63) is 23.4 Å². The first-order chi connectivity index (χ1) is 9.77. The Labute approximate surface area is 127 Å². The normalized spacial score (nSPS) is 11.7. The molecule has 0 aliphatic carbocycles. The van der Waals surface area contributed by atoms with Crippen LogP contribution in [0.15, 0.2) is 12.1 Å². The van der Waals surface area contributed by atoms with E-state index in [1.165, 1.54) is 0 Å². The molecule has 1 heterocycles. The lowest BCUT2D eigenvalue weighted by Crippen LogP contribution is -2.29. The van der Waals surface area contributed by atoms with Gasteiger partial charge >= 0.3 is 5.97 Å². The Morgan fingerprint density at radius 2 is 1.90 bits per heavy atom. The molecule has 5 heteroatoms. The van der Waals surface area contributed by atoms with Crippen molar-refractivity contribution in [1.82, 2.24) is 9.88 Å². The number of nitrogens with one attached hydrogen (secondary N) is 1. The molecule has 0 unspecified atom stereocenters. The molecule has 21 heavy (non-hydrogen) atoms. The summed E-state index contributed by atoms with van der Waals surface area (Å²) >= 11 is 0. The number of hydrogen-bond donors (Lipinski definition) is 2. The van der Waals surface area contributed by atoms with Crippen LogP contribution in [0.5, 0.6) is 0 Å². The molecule has 0 saturated heterocycles. The molecule has 0 spiro atoms. The quantitative estimate of drug-likeness (QED) is 0.809. The molecule has 0 saturated carbocycles. The lowest BCUT2D eigenvalue weighted by atomic mass is 9.91. The highest BCUT2D eigenvalue weighted by molar-refractivity contribution is 5.88. The first kappa shape index (κ1) is 17.4. The third kappa shape index (κ3) is 5.34. The summed E-state index contributed by atoms with van der Waals surface area (Å²) < 4.78 is 0. The molecule has 0 aliphatic heterocycles. The van der Waals surface area contributed by atoms with Crippen molar-refractivity contribution >= 4 is 11.8 Å². The topological polar surface area (TPSA) is 65.5 Å². The van der Waals surface area contributed by atoms with Gasteiger partial charge in [0.2, 0.25) is 0 Å². The Bertz CT molecular complexity index is 477. The number of carbonyl (C=O) groups is 1. The van der Waals surface area contributed by atoms with Gasteiger partial charge in [0.1, 0.15) is 5.82 Å². The van der Waals surface area contributed by atoms with Crippen LogP contribution in [0.3, 0.4) is 0 Å². The van der Waals surface area contributed by atoms with E-state index in [1.807, 2.05) is 20.8 Å². The molecule has 0 aliphatic rings. The molecule has 0 atom stereocenters. The maximum absolute atomic E-state index is 11.2. The number of pyridine rings is 1. The lowest BCUT2D eigenvalue weighted by Gasteiger charge is -2.21. The Hall–Kier alpha value is -1.62. The minimum absolute atomic E-state index is 0.180. The molecule has 0 fully saturated rings. The van der Waals surface area contributed by atoms with Gasteiger partial charge in [-0.3, -0.25) is 0 Å². The zero-order valence-electron chi connectivity index (χ0n) is 13.7. The first-order valence-electron chi connectivity index (χ1n) is 7.50. The average Bonchev–Trinajstić information content (AvgIpc) is 2.42. The van der Waals surface area contributed by atoms with Crippen molar-refractivity contribution in [2.24, 2.45) is 0 Å². The van der Waals surface area contributed by atoms with Gasteiger partial charge in [-0.2, -0.15) is 0 Å². The SMILES string of the molecule is CCN(CC)CCNc1cc(C(=O)O)cc(C(C)(C)C)n1. The Morgan fingerprint density at radius 3 is 2.38 bits per heavy atom. The van der Waals surface area contributed by atoms with Crippen molar-refractivity contribution in [3.63, 3.8) is 0 Å². The zero-order chi connectivity index (χ0) is 16.0. The summed E-state index contributed by atoms with van der Waals surface area (Å²) in [6.45, 7) is 14.0. The van der Waals surface area contributed by atoms with Gasteiger partial charge in [-0.15, -0.1) is 0 Å². The van der Waals surface area contributed by atoms with Crippen molar-refractivity contribution in [2.45, 2.75) is 40.0 Å². The summed E-state index contributed by atoms with van der Waals surface area (Å²) in [4.78, 5) is 18.1. The average molecular weight is 293 g/mol. The molecule has 0 bridgehead atoms. The van der Waals surface area contributed by atoms with Crippen LogP contribution in [-0.2, 0) is 5.41 Å². The first-order valence-corrected chi connectivity index (χ1v) is 7.50. The van der Waals surface area contributed by atoms with Gasteiger partial charge < -0.3 is 15.3 Å². The molecule has 118 valence electrons. The maximum atomic E-state index is 11.2. The second-order valence-corrected chi connectivity index (χ2v) is 6.14. The van der Waals surface area contributed by atoms with Gasteiger partial charge in [0, 0.05) is 24.2 Å². The Kier molecular flexibility index (Phi) is 6.15. The van der Waals surface area contributed by atoms with Crippen LogP contribution < -0.4 is 5.32 Å². The number of rotatable bonds is 7. The van der Waals surface area contributed by atoms with Crippen molar-refractivity contribution in [3.8, 4) is 0 Å². The van der Waals surface area contributed by atoms with E-state index in [1.54, 1.807) is 12.1 Å². The highest BCUT2D eigenvalue weighted by Gasteiger charge is 2.19. The summed E-state index contributed by atoms with van der Waals surface area (Å²) in [5.41, 5.74) is 0.883. The third-order valence-corrected chi connectivity index (χ3v) is 3.47. The number of carboxylic acids is 1. The van der Waals surface area contributed by atoms with E-state index >= 15 is 0 Å². The Balaban J connectivity index is 2.86. The number of nitrogens with zero attached hydrogens (tertiary/aromatic N) is 2. The van der Waals surface area contributed by atoms with Crippen LogP contribution >= 0.6 is 0 Å². The van der Waals surface area contributed by atoms with Crippen LogP contribution in [-0.4, -0.2) is 47.1 Å². The minimum Gasteiger partial charge on any atom is -0.478 e. The van der Waals surface area contributed by atoms with Crippen molar-refractivity contribution in [1.29, 1.82) is 0 Å². The molecule has 0 aromatic carbocycles. The van der Waals surface area contributed by atoms with E-state index in [9.17, 15) is 9.90 Å². The van der Waals surface area contributed by atoms with E-state index in [2.05, 4.69) is 29.0 Å². The summed E-state index contributed by atoms with van der Waals surface area (Å²) in [5.74, 6) is -0.290. The van der Waals surface area contributed by atoms with Gasteiger partial charge in [-0.05, 0) is 25.2 Å². The minimum atomic E-state index is -0.922. The van der Waals surface area contributed by atoms with Gasteiger partial charge in [0.15, 0.2) is 0 Å². The smallest absolute Gasteiger partial charge is 0.335 e. The maximum Gasteiger partial charge on any atom is 0.335 e. The monoisotopic (exact) mass is 293 g/mol. The van der Waals surface area contributed by atoms with Crippen LogP contribution in [0.4, 0.5) is 5.82 Å². The standard InChI is InChI=1S/C16H27N3O2/c1-6-19(7-2)9-8-17-14-11-12(15(20)21)10-13(18-14)16(3,4)5/h10-11H,6-9H2,1-5H3,(H,17,18)(H,20,21). The molecular formula is C16H27N3O2. The number of hydrogen-bond acceptors (Lipinski definition) is 4. The number of aromatic carboxylic acids is 1. The third-order valence-electron chi connectivity index (χ3n) is 3.47. The molecule has 0 radical (unpaired) electrons. The number of likely N-dealkylation sites (N-methyl/N-ethyl adjacent to an activating group) is 1. The van der Waals surface area contributed by atoms with E-state index < -0.39 is 5.97 Å².